The number of carbonyl (C=O) groups is 1. The van der Waals surface area contributed by atoms with Gasteiger partial charge in [-0.25, -0.2) is 9.18 Å². The molecule has 1 aromatic heterocycles. The molecule has 1 heterocycles. The molecule has 14 heteroatoms. The van der Waals surface area contributed by atoms with E-state index in [2.05, 4.69) is 10.4 Å². The fraction of sp³-hybridized carbons (Fsp3) is 0.286. The van der Waals surface area contributed by atoms with Crippen LogP contribution in [0.3, 0.4) is 0 Å². The maximum Gasteiger partial charge on any atom is 0.425 e. The molecule has 8 nitrogen and oxygen atoms in total. The summed E-state index contributed by atoms with van der Waals surface area (Å²) in [5.74, 6) is -3.02. The second-order valence-electron chi connectivity index (χ2n) is 7.17. The third kappa shape index (κ3) is 5.44. The van der Waals surface area contributed by atoms with Crippen molar-refractivity contribution in [1.29, 1.82) is 0 Å². The smallest absolute Gasteiger partial charge is 0.425 e. The number of nitrogens with one attached hydrogen (secondary N) is 1. The zero-order chi connectivity index (χ0) is 26.1. The first-order valence-electron chi connectivity index (χ1n) is 10.0. The molecular formula is C21H18Cl2F4N4O4. The lowest BCUT2D eigenvalue weighted by Gasteiger charge is -2.20. The van der Waals surface area contributed by atoms with Crippen LogP contribution in [0.5, 0.6) is 5.75 Å². The van der Waals surface area contributed by atoms with Gasteiger partial charge in [0.15, 0.2) is 11.9 Å². The molecule has 2 aromatic carbocycles. The van der Waals surface area contributed by atoms with Gasteiger partial charge >= 0.3 is 11.9 Å². The van der Waals surface area contributed by atoms with Gasteiger partial charge in [-0.05, 0) is 32.0 Å². The van der Waals surface area contributed by atoms with Crippen molar-refractivity contribution in [3.05, 3.63) is 68.1 Å². The van der Waals surface area contributed by atoms with Crippen LogP contribution in [-0.2, 0) is 13.2 Å². The summed E-state index contributed by atoms with van der Waals surface area (Å²) in [5.41, 5.74) is -2.12. The maximum absolute atomic E-state index is 15.1. The number of ether oxygens (including phenoxy) is 1. The van der Waals surface area contributed by atoms with Gasteiger partial charge in [-0.2, -0.15) is 17.9 Å². The van der Waals surface area contributed by atoms with E-state index in [0.29, 0.717) is 17.7 Å². The molecule has 0 aliphatic heterocycles. The molecule has 0 fully saturated rings. The summed E-state index contributed by atoms with van der Waals surface area (Å²) >= 11 is 12.0. The third-order valence-electron chi connectivity index (χ3n) is 4.88. The summed E-state index contributed by atoms with van der Waals surface area (Å²) < 4.78 is 61.3. The van der Waals surface area contributed by atoms with Crippen LogP contribution in [-0.4, -0.2) is 37.6 Å². The van der Waals surface area contributed by atoms with Crippen LogP contribution >= 0.6 is 23.2 Å². The van der Waals surface area contributed by atoms with E-state index in [1.54, 1.807) is 6.92 Å². The maximum atomic E-state index is 15.1. The molecule has 0 radical (unpaired) electrons. The highest BCUT2D eigenvalue weighted by atomic mass is 35.5. The SMILES string of the molecule is CCn1c(CO)nn(-c2cc(O[C@@H](C)C(F)(F)F)c(C(=O)Nc3c(Cl)cccc3Cl)cc2F)c1=O. The third-order valence-corrected chi connectivity index (χ3v) is 5.51. The summed E-state index contributed by atoms with van der Waals surface area (Å²) in [4.78, 5) is 25.5. The standard InChI is InChI=1S/C21H18Cl2F4N4O4/c1-3-30-17(9-32)29-31(20(30)34)15-8-16(35-10(2)21(25,26)27)11(7-14(15)24)19(33)28-18-12(22)5-4-6-13(18)23/h4-8,10,32H,3,9H2,1-2H3,(H,28,33)/t10-/m0/s1. The van der Waals surface area contributed by atoms with Crippen molar-refractivity contribution < 1.29 is 32.2 Å². The Balaban J connectivity index is 2.16. The molecule has 0 bridgehead atoms. The van der Waals surface area contributed by atoms with Crippen molar-refractivity contribution in [2.75, 3.05) is 5.32 Å². The van der Waals surface area contributed by atoms with Crippen molar-refractivity contribution in [3.63, 3.8) is 0 Å². The van der Waals surface area contributed by atoms with E-state index in [1.807, 2.05) is 0 Å². The van der Waals surface area contributed by atoms with E-state index < -0.39 is 53.3 Å². The van der Waals surface area contributed by atoms with Gasteiger partial charge in [0.2, 0.25) is 0 Å². The Hall–Kier alpha value is -3.09. The first-order chi connectivity index (χ1) is 16.4. The van der Waals surface area contributed by atoms with Crippen molar-refractivity contribution in [2.24, 2.45) is 0 Å². The molecule has 3 aromatic rings. The van der Waals surface area contributed by atoms with Crippen LogP contribution < -0.4 is 15.7 Å². The van der Waals surface area contributed by atoms with Gasteiger partial charge in [0, 0.05) is 12.6 Å². The summed E-state index contributed by atoms with van der Waals surface area (Å²) in [7, 11) is 0. The van der Waals surface area contributed by atoms with Crippen LogP contribution in [0.1, 0.15) is 30.0 Å². The van der Waals surface area contributed by atoms with Gasteiger partial charge in [0.1, 0.15) is 23.9 Å². The second kappa shape index (κ2) is 10.3. The minimum Gasteiger partial charge on any atom is -0.480 e. The highest BCUT2D eigenvalue weighted by molar-refractivity contribution is 6.40. The van der Waals surface area contributed by atoms with Crippen molar-refractivity contribution in [3.8, 4) is 11.4 Å². The highest BCUT2D eigenvalue weighted by Crippen LogP contribution is 2.33. The lowest BCUT2D eigenvalue weighted by atomic mass is 10.1. The van der Waals surface area contributed by atoms with Gasteiger partial charge < -0.3 is 15.2 Å². The fourth-order valence-corrected chi connectivity index (χ4v) is 3.56. The Morgan fingerprint density at radius 1 is 1.26 bits per heavy atom. The number of para-hydroxylation sites is 1. The molecule has 0 aliphatic rings. The van der Waals surface area contributed by atoms with E-state index in [1.165, 1.54) is 18.2 Å². The molecule has 3 rings (SSSR count). The Morgan fingerprint density at radius 2 is 1.89 bits per heavy atom. The van der Waals surface area contributed by atoms with Gasteiger partial charge in [-0.15, -0.1) is 5.10 Å². The number of aliphatic hydroxyl groups is 1. The fourth-order valence-electron chi connectivity index (χ4n) is 3.06. The average molecular weight is 537 g/mol. The highest BCUT2D eigenvalue weighted by Gasteiger charge is 2.39. The number of hydrogen-bond acceptors (Lipinski definition) is 5. The number of amides is 1. The Bertz CT molecular complexity index is 1300. The number of anilines is 1. The molecule has 0 spiro atoms. The predicted octanol–water partition coefficient (Wildman–Crippen LogP) is 4.57. The van der Waals surface area contributed by atoms with E-state index in [4.69, 9.17) is 27.9 Å². The first-order valence-corrected chi connectivity index (χ1v) is 10.8. The first kappa shape index (κ1) is 26.5. The minimum absolute atomic E-state index is 0.0299. The number of nitrogens with zero attached hydrogens (tertiary/aromatic N) is 3. The molecule has 0 aliphatic carbocycles. The van der Waals surface area contributed by atoms with E-state index in [9.17, 15) is 27.9 Å². The molecular weight excluding hydrogens is 519 g/mol. The van der Waals surface area contributed by atoms with Gasteiger partial charge in [-0.1, -0.05) is 29.3 Å². The minimum atomic E-state index is -4.82. The van der Waals surface area contributed by atoms with Gasteiger partial charge in [0.25, 0.3) is 5.91 Å². The number of carbonyl (C=O) groups excluding carboxylic acids is 1. The normalized spacial score (nSPS) is 12.5. The van der Waals surface area contributed by atoms with E-state index >= 15 is 4.39 Å². The zero-order valence-corrected chi connectivity index (χ0v) is 19.7. The number of benzene rings is 2. The number of aliphatic hydroxyl groups excluding tert-OH is 1. The summed E-state index contributed by atoms with van der Waals surface area (Å²) in [5, 5.41) is 15.6. The predicted molar refractivity (Wildman–Crippen MR) is 120 cm³/mol. The Morgan fingerprint density at radius 3 is 2.40 bits per heavy atom. The molecule has 2 N–H and O–H groups in total. The van der Waals surface area contributed by atoms with Gasteiger partial charge in [-0.3, -0.25) is 9.36 Å². The topological polar surface area (TPSA) is 98.4 Å². The number of rotatable bonds is 7. The van der Waals surface area contributed by atoms with Crippen LogP contribution in [0.4, 0.5) is 23.2 Å². The number of alkyl halides is 3. The molecule has 0 unspecified atom stereocenters. The summed E-state index contributed by atoms with van der Waals surface area (Å²) in [6, 6.07) is 5.67. The van der Waals surface area contributed by atoms with Crippen molar-refractivity contribution in [2.45, 2.75) is 39.3 Å². The number of halogens is 6. The Kier molecular flexibility index (Phi) is 7.77. The lowest BCUT2D eigenvalue weighted by Crippen LogP contribution is -2.32. The summed E-state index contributed by atoms with van der Waals surface area (Å²) in [6.45, 7) is 1.71. The second-order valence-corrected chi connectivity index (χ2v) is 7.98. The molecule has 0 saturated heterocycles. The summed E-state index contributed by atoms with van der Waals surface area (Å²) in [6.07, 6.45) is -7.21. The molecule has 1 atom stereocenters. The lowest BCUT2D eigenvalue weighted by molar-refractivity contribution is -0.189. The number of aromatic nitrogens is 3. The van der Waals surface area contributed by atoms with Crippen LogP contribution in [0.15, 0.2) is 35.1 Å². The van der Waals surface area contributed by atoms with Crippen LogP contribution in [0.2, 0.25) is 10.0 Å². The van der Waals surface area contributed by atoms with E-state index in [0.717, 1.165) is 10.6 Å². The molecule has 1 amide bonds. The van der Waals surface area contributed by atoms with E-state index in [-0.39, 0.29) is 28.1 Å². The monoisotopic (exact) mass is 536 g/mol. The van der Waals surface area contributed by atoms with Crippen LogP contribution in [0.25, 0.3) is 5.69 Å². The largest absolute Gasteiger partial charge is 0.480 e. The molecule has 35 heavy (non-hydrogen) atoms. The van der Waals surface area contributed by atoms with Crippen LogP contribution in [0, 0.1) is 5.82 Å². The zero-order valence-electron chi connectivity index (χ0n) is 18.2. The van der Waals surface area contributed by atoms with Gasteiger partial charge in [0.05, 0.1) is 21.3 Å². The van der Waals surface area contributed by atoms with Crippen molar-refractivity contribution in [1.82, 2.24) is 14.3 Å². The Labute approximate surface area is 205 Å². The molecule has 0 saturated carbocycles. The number of hydrogen-bond donors (Lipinski definition) is 2. The van der Waals surface area contributed by atoms with Crippen molar-refractivity contribution >= 4 is 34.8 Å². The molecule has 188 valence electrons. The average Bonchev–Trinajstić information content (AvgIpc) is 3.11. The quantitative estimate of drug-likeness (QED) is 0.431.